The van der Waals surface area contributed by atoms with E-state index in [2.05, 4.69) is 32.8 Å². The molecule has 1 amide bonds. The van der Waals surface area contributed by atoms with Gasteiger partial charge >= 0.3 is 0 Å². The van der Waals surface area contributed by atoms with Crippen molar-refractivity contribution < 1.29 is 9.53 Å². The molecule has 5 rings (SSSR count). The Morgan fingerprint density at radius 2 is 1.80 bits per heavy atom. The first-order valence-corrected chi connectivity index (χ1v) is 11.6. The van der Waals surface area contributed by atoms with E-state index in [1.807, 2.05) is 65.3 Å². The minimum atomic E-state index is -0.339. The molecule has 0 unspecified atom stereocenters. The predicted octanol–water partition coefficient (Wildman–Crippen LogP) is 5.74. The van der Waals surface area contributed by atoms with Crippen LogP contribution in [0, 0.1) is 0 Å². The highest BCUT2D eigenvalue weighted by Gasteiger charge is 2.31. The highest BCUT2D eigenvalue weighted by molar-refractivity contribution is 6.32. The van der Waals surface area contributed by atoms with Gasteiger partial charge in [-0.1, -0.05) is 72.3 Å². The Morgan fingerprint density at radius 3 is 2.54 bits per heavy atom. The number of aromatic nitrogens is 3. The lowest BCUT2D eigenvalue weighted by atomic mass is 9.93. The molecule has 0 spiro atoms. The summed E-state index contributed by atoms with van der Waals surface area (Å²) in [6, 6.07) is 25.5. The number of ether oxygens (including phenoxy) is 1. The molecule has 0 aliphatic carbocycles. The van der Waals surface area contributed by atoms with E-state index in [4.69, 9.17) is 16.3 Å². The van der Waals surface area contributed by atoms with Gasteiger partial charge < -0.3 is 10.1 Å². The van der Waals surface area contributed by atoms with Crippen LogP contribution in [0.1, 0.15) is 35.2 Å². The van der Waals surface area contributed by atoms with Crippen LogP contribution in [-0.4, -0.2) is 27.8 Å². The van der Waals surface area contributed by atoms with Gasteiger partial charge in [-0.15, -0.1) is 5.10 Å². The van der Waals surface area contributed by atoms with Gasteiger partial charge in [0.1, 0.15) is 5.75 Å². The number of nitrogens with zero attached hydrogens (tertiary/aromatic N) is 3. The first-order chi connectivity index (χ1) is 17.1. The minimum absolute atomic E-state index is 0.0451. The van der Waals surface area contributed by atoms with Crippen LogP contribution >= 0.6 is 11.6 Å². The van der Waals surface area contributed by atoms with Gasteiger partial charge in [0, 0.05) is 11.1 Å². The molecule has 0 fully saturated rings. The molecule has 0 bridgehead atoms. The van der Waals surface area contributed by atoms with E-state index >= 15 is 0 Å². The van der Waals surface area contributed by atoms with Gasteiger partial charge in [-0.05, 0) is 47.4 Å². The third-order valence-corrected chi connectivity index (χ3v) is 6.29. The third-order valence-electron chi connectivity index (χ3n) is 5.95. The van der Waals surface area contributed by atoms with E-state index in [9.17, 15) is 4.79 Å². The summed E-state index contributed by atoms with van der Waals surface area (Å²) in [6.07, 6.45) is 3.85. The number of benzene rings is 3. The topological polar surface area (TPSA) is 81.1 Å². The van der Waals surface area contributed by atoms with Gasteiger partial charge in [0.05, 0.1) is 19.2 Å². The highest BCUT2D eigenvalue weighted by atomic mass is 35.5. The Bertz CT molecular complexity index is 1350. The lowest BCUT2D eigenvalue weighted by Crippen LogP contribution is -2.28. The van der Waals surface area contributed by atoms with E-state index in [0.717, 1.165) is 28.9 Å². The monoisotopic (exact) mass is 485 g/mol. The molecule has 1 aromatic heterocycles. The highest BCUT2D eigenvalue weighted by Crippen LogP contribution is 2.38. The molecule has 2 atom stereocenters. The van der Waals surface area contributed by atoms with Crippen LogP contribution in [0.2, 0.25) is 5.02 Å². The number of hydrogen-bond acceptors (Lipinski definition) is 5. The second-order valence-electron chi connectivity index (χ2n) is 8.18. The zero-order valence-electron chi connectivity index (χ0n) is 19.1. The van der Waals surface area contributed by atoms with Gasteiger partial charge in [0.25, 0.3) is 11.9 Å². The number of carbonyl (C=O) groups is 1. The molecular formula is C27H24ClN5O2. The van der Waals surface area contributed by atoms with Crippen molar-refractivity contribution in [2.24, 2.45) is 0 Å². The fourth-order valence-corrected chi connectivity index (χ4v) is 4.36. The molecule has 0 saturated heterocycles. The summed E-state index contributed by atoms with van der Waals surface area (Å²) in [4.78, 5) is 17.1. The number of rotatable bonds is 6. The molecule has 2 N–H and O–H groups in total. The van der Waals surface area contributed by atoms with Crippen LogP contribution in [0.4, 0.5) is 11.9 Å². The molecule has 0 radical (unpaired) electrons. The maximum Gasteiger partial charge on any atom is 0.250 e. The molecular weight excluding hydrogens is 462 g/mol. The summed E-state index contributed by atoms with van der Waals surface area (Å²) in [5.74, 6) is 1.28. The molecule has 3 aromatic carbocycles. The van der Waals surface area contributed by atoms with Gasteiger partial charge in [0.2, 0.25) is 5.95 Å². The molecule has 8 heteroatoms. The minimum Gasteiger partial charge on any atom is -0.497 e. The summed E-state index contributed by atoms with van der Waals surface area (Å²) in [5, 5.41) is 11.4. The lowest BCUT2D eigenvalue weighted by molar-refractivity contribution is -0.111. The van der Waals surface area contributed by atoms with Crippen molar-refractivity contribution in [1.82, 2.24) is 14.8 Å². The normalized spacial score (nSPS) is 17.0. The number of nitrogens with one attached hydrogen (secondary N) is 2. The van der Waals surface area contributed by atoms with Gasteiger partial charge in [0.15, 0.2) is 0 Å². The van der Waals surface area contributed by atoms with Crippen LogP contribution in [-0.2, 0) is 4.79 Å². The summed E-state index contributed by atoms with van der Waals surface area (Å²) in [6.45, 7) is 0. The van der Waals surface area contributed by atoms with Crippen LogP contribution in [0.3, 0.4) is 0 Å². The standard InChI is InChI=1S/C27H24ClN5O2/c1-35-21-14-11-20(12-15-21)24-17-23(19-8-3-2-4-9-19)29-27-31-26(32-33(24)27)30-25(34)16-13-18-7-5-6-10-22(18)28/h2-16,23-24H,17H2,1H3,(H2,29,30,31,32,34)/b16-13+/t23-,24+/m1/s1. The second-order valence-corrected chi connectivity index (χ2v) is 8.59. The van der Waals surface area contributed by atoms with Crippen molar-refractivity contribution in [3.8, 4) is 5.75 Å². The van der Waals surface area contributed by atoms with Crippen molar-refractivity contribution in [2.75, 3.05) is 17.7 Å². The number of carbonyl (C=O) groups excluding carboxylic acids is 1. The summed E-state index contributed by atoms with van der Waals surface area (Å²) >= 11 is 6.17. The third kappa shape index (κ3) is 5.05. The fraction of sp³-hybridized carbons (Fsp3) is 0.148. The number of anilines is 2. The predicted molar refractivity (Wildman–Crippen MR) is 138 cm³/mol. The number of hydrogen-bond donors (Lipinski definition) is 2. The van der Waals surface area contributed by atoms with E-state index in [0.29, 0.717) is 11.0 Å². The Kier molecular flexibility index (Phi) is 6.50. The Balaban J connectivity index is 1.42. The van der Waals surface area contributed by atoms with Crippen molar-refractivity contribution in [3.63, 3.8) is 0 Å². The maximum atomic E-state index is 12.6. The van der Waals surface area contributed by atoms with Crippen LogP contribution < -0.4 is 15.4 Å². The van der Waals surface area contributed by atoms with Crippen molar-refractivity contribution in [1.29, 1.82) is 0 Å². The average molecular weight is 486 g/mol. The zero-order valence-corrected chi connectivity index (χ0v) is 19.8. The van der Waals surface area contributed by atoms with Crippen LogP contribution in [0.5, 0.6) is 5.75 Å². The quantitative estimate of drug-likeness (QED) is 0.340. The number of methoxy groups -OCH3 is 1. The average Bonchev–Trinajstić information content (AvgIpc) is 3.30. The Labute approximate surface area is 208 Å². The number of amides is 1. The zero-order chi connectivity index (χ0) is 24.2. The maximum absolute atomic E-state index is 12.6. The van der Waals surface area contributed by atoms with E-state index in [1.54, 1.807) is 19.3 Å². The largest absolute Gasteiger partial charge is 0.497 e. The molecule has 1 aliphatic heterocycles. The van der Waals surface area contributed by atoms with Crippen molar-refractivity contribution in [3.05, 3.63) is 107 Å². The first-order valence-electron chi connectivity index (χ1n) is 11.3. The van der Waals surface area contributed by atoms with E-state index in [-0.39, 0.29) is 23.9 Å². The molecule has 35 heavy (non-hydrogen) atoms. The van der Waals surface area contributed by atoms with Gasteiger partial charge in [-0.25, -0.2) is 4.68 Å². The SMILES string of the molecule is COc1ccc([C@@H]2C[C@H](c3ccccc3)Nc3nc(NC(=O)/C=C/c4ccccc4Cl)nn32)cc1. The summed E-state index contributed by atoms with van der Waals surface area (Å²) in [5.41, 5.74) is 3.00. The molecule has 176 valence electrons. The molecule has 0 saturated carbocycles. The smallest absolute Gasteiger partial charge is 0.250 e. The number of halogens is 1. The first kappa shape index (κ1) is 22.7. The summed E-state index contributed by atoms with van der Waals surface area (Å²) in [7, 11) is 1.65. The van der Waals surface area contributed by atoms with Crippen LogP contribution in [0.15, 0.2) is 84.9 Å². The Morgan fingerprint density at radius 1 is 1.06 bits per heavy atom. The molecule has 4 aromatic rings. The number of fused-ring (bicyclic) bond motifs is 1. The summed E-state index contributed by atoms with van der Waals surface area (Å²) < 4.78 is 7.15. The van der Waals surface area contributed by atoms with Crippen LogP contribution in [0.25, 0.3) is 6.08 Å². The lowest BCUT2D eigenvalue weighted by Gasteiger charge is -2.31. The van der Waals surface area contributed by atoms with E-state index < -0.39 is 0 Å². The second kappa shape index (κ2) is 10.0. The Hall–Kier alpha value is -4.10. The molecule has 1 aliphatic rings. The van der Waals surface area contributed by atoms with Crippen molar-refractivity contribution in [2.45, 2.75) is 18.5 Å². The molecule has 2 heterocycles. The van der Waals surface area contributed by atoms with Gasteiger partial charge in [-0.2, -0.15) is 4.98 Å². The van der Waals surface area contributed by atoms with Crippen molar-refractivity contribution >= 4 is 35.5 Å². The fourth-order valence-electron chi connectivity index (χ4n) is 4.17. The molecule has 7 nitrogen and oxygen atoms in total. The van der Waals surface area contributed by atoms with E-state index in [1.165, 1.54) is 6.08 Å². The van der Waals surface area contributed by atoms with Gasteiger partial charge in [-0.3, -0.25) is 10.1 Å².